The third-order valence-electron chi connectivity index (χ3n) is 4.62. The summed E-state index contributed by atoms with van der Waals surface area (Å²) in [7, 11) is 2.32. The van der Waals surface area contributed by atoms with Crippen LogP contribution in [-0.2, 0) is 12.0 Å². The van der Waals surface area contributed by atoms with Crippen molar-refractivity contribution in [2.75, 3.05) is 13.6 Å². The number of benzene rings is 1. The van der Waals surface area contributed by atoms with Gasteiger partial charge in [-0.2, -0.15) is 0 Å². The molecule has 2 aliphatic rings. The zero-order chi connectivity index (χ0) is 11.0. The fourth-order valence-electron chi connectivity index (χ4n) is 3.73. The molecule has 1 aliphatic carbocycles. The first-order valence-electron chi connectivity index (χ1n) is 6.63. The van der Waals surface area contributed by atoms with Crippen LogP contribution >= 0.6 is 0 Å². The molecule has 16 heavy (non-hydrogen) atoms. The number of aryl methyl sites for hydroxylation is 1. The Hall–Kier alpha value is -0.820. The zero-order valence-corrected chi connectivity index (χ0v) is 10.2. The van der Waals surface area contributed by atoms with Gasteiger partial charge in [0.25, 0.3) is 0 Å². The first-order chi connectivity index (χ1) is 7.83. The van der Waals surface area contributed by atoms with E-state index in [1.54, 1.807) is 11.1 Å². The van der Waals surface area contributed by atoms with Crippen molar-refractivity contribution in [1.82, 2.24) is 4.90 Å². The number of likely N-dealkylation sites (tertiary alicyclic amines) is 1. The van der Waals surface area contributed by atoms with Crippen LogP contribution in [0.3, 0.4) is 0 Å². The van der Waals surface area contributed by atoms with E-state index in [0.29, 0.717) is 5.54 Å². The molecule has 1 heterocycles. The van der Waals surface area contributed by atoms with E-state index in [2.05, 4.69) is 36.2 Å². The molecule has 0 radical (unpaired) electrons. The van der Waals surface area contributed by atoms with Crippen molar-refractivity contribution in [3.63, 3.8) is 0 Å². The summed E-state index contributed by atoms with van der Waals surface area (Å²) >= 11 is 0. The molecule has 0 aromatic heterocycles. The van der Waals surface area contributed by atoms with Gasteiger partial charge in [0, 0.05) is 5.54 Å². The summed E-state index contributed by atoms with van der Waals surface area (Å²) in [6.07, 6.45) is 8.15. The molecule has 1 aromatic rings. The van der Waals surface area contributed by atoms with Crippen molar-refractivity contribution in [3.05, 3.63) is 35.4 Å². The van der Waals surface area contributed by atoms with E-state index in [0.717, 1.165) is 0 Å². The van der Waals surface area contributed by atoms with E-state index >= 15 is 0 Å². The molecule has 1 aliphatic heterocycles. The highest BCUT2D eigenvalue weighted by molar-refractivity contribution is 5.36. The minimum atomic E-state index is 0.382. The zero-order valence-electron chi connectivity index (χ0n) is 10.2. The second-order valence-corrected chi connectivity index (χ2v) is 5.42. The van der Waals surface area contributed by atoms with Crippen LogP contribution in [0.2, 0.25) is 0 Å². The highest BCUT2D eigenvalue weighted by Crippen LogP contribution is 2.45. The van der Waals surface area contributed by atoms with Gasteiger partial charge in [0.1, 0.15) is 0 Å². The lowest BCUT2D eigenvalue weighted by Gasteiger charge is -2.49. The predicted molar refractivity (Wildman–Crippen MR) is 67.5 cm³/mol. The Morgan fingerprint density at radius 1 is 1.06 bits per heavy atom. The minimum absolute atomic E-state index is 0.382. The topological polar surface area (TPSA) is 3.24 Å². The van der Waals surface area contributed by atoms with Gasteiger partial charge in [-0.15, -0.1) is 0 Å². The monoisotopic (exact) mass is 215 g/mol. The van der Waals surface area contributed by atoms with E-state index in [4.69, 9.17) is 0 Å². The van der Waals surface area contributed by atoms with Crippen molar-refractivity contribution < 1.29 is 0 Å². The van der Waals surface area contributed by atoms with Gasteiger partial charge < -0.3 is 0 Å². The number of fused-ring (bicyclic) bond motifs is 2. The first kappa shape index (κ1) is 10.3. The third-order valence-corrected chi connectivity index (χ3v) is 4.62. The quantitative estimate of drug-likeness (QED) is 0.641. The molecular formula is C15H21N. The maximum absolute atomic E-state index is 2.62. The highest BCUT2D eigenvalue weighted by atomic mass is 15.2. The minimum Gasteiger partial charge on any atom is -0.297 e. The summed E-state index contributed by atoms with van der Waals surface area (Å²) in [6, 6.07) is 9.12. The lowest BCUT2D eigenvalue weighted by molar-refractivity contribution is 0.0535. The van der Waals surface area contributed by atoms with Crippen LogP contribution in [-0.4, -0.2) is 18.5 Å². The lowest BCUT2D eigenvalue weighted by atomic mass is 9.71. The van der Waals surface area contributed by atoms with Crippen LogP contribution < -0.4 is 0 Å². The van der Waals surface area contributed by atoms with Crippen molar-refractivity contribution in [3.8, 4) is 0 Å². The molecule has 1 heteroatoms. The molecule has 0 N–H and O–H groups in total. The fraction of sp³-hybridized carbons (Fsp3) is 0.600. The molecule has 0 bridgehead atoms. The van der Waals surface area contributed by atoms with Gasteiger partial charge in [-0.3, -0.25) is 4.90 Å². The SMILES string of the molecule is CN1CCCC[C@]12CCCc1ccccc12. The van der Waals surface area contributed by atoms with E-state index in [1.165, 1.54) is 45.1 Å². The van der Waals surface area contributed by atoms with Crippen LogP contribution in [0.15, 0.2) is 24.3 Å². The summed E-state index contributed by atoms with van der Waals surface area (Å²) in [6.45, 7) is 1.27. The summed E-state index contributed by atoms with van der Waals surface area (Å²) < 4.78 is 0. The molecule has 0 saturated carbocycles. The molecule has 1 aromatic carbocycles. The second-order valence-electron chi connectivity index (χ2n) is 5.42. The second kappa shape index (κ2) is 3.89. The molecular weight excluding hydrogens is 194 g/mol. The summed E-state index contributed by atoms with van der Waals surface area (Å²) in [5.74, 6) is 0. The van der Waals surface area contributed by atoms with Crippen LogP contribution in [0.1, 0.15) is 43.2 Å². The van der Waals surface area contributed by atoms with Gasteiger partial charge >= 0.3 is 0 Å². The van der Waals surface area contributed by atoms with E-state index in [1.807, 2.05) is 0 Å². The number of hydrogen-bond donors (Lipinski definition) is 0. The molecule has 1 atom stereocenters. The van der Waals surface area contributed by atoms with Crippen LogP contribution in [0, 0.1) is 0 Å². The number of hydrogen-bond acceptors (Lipinski definition) is 1. The third kappa shape index (κ3) is 1.41. The molecule has 0 unspecified atom stereocenters. The molecule has 1 spiro atoms. The smallest absolute Gasteiger partial charge is 0.0460 e. The molecule has 1 fully saturated rings. The average Bonchev–Trinajstić information content (AvgIpc) is 2.34. The van der Waals surface area contributed by atoms with Crippen molar-refractivity contribution in [1.29, 1.82) is 0 Å². The predicted octanol–water partition coefficient (Wildman–Crippen LogP) is 3.33. The number of piperidine rings is 1. The molecule has 3 rings (SSSR count). The van der Waals surface area contributed by atoms with Crippen LogP contribution in [0.5, 0.6) is 0 Å². The van der Waals surface area contributed by atoms with Gasteiger partial charge in [-0.25, -0.2) is 0 Å². The summed E-state index contributed by atoms with van der Waals surface area (Å²) in [5.41, 5.74) is 3.61. The van der Waals surface area contributed by atoms with Crippen molar-refractivity contribution in [2.45, 2.75) is 44.1 Å². The maximum Gasteiger partial charge on any atom is 0.0460 e. The van der Waals surface area contributed by atoms with Crippen molar-refractivity contribution in [2.24, 2.45) is 0 Å². The van der Waals surface area contributed by atoms with Gasteiger partial charge in [0.15, 0.2) is 0 Å². The standard InChI is InChI=1S/C15H21N/c1-16-12-5-4-10-15(16)11-6-8-13-7-2-3-9-14(13)15/h2-3,7,9H,4-6,8,10-12H2,1H3/t15-/m1/s1. The van der Waals surface area contributed by atoms with Gasteiger partial charge in [-0.1, -0.05) is 24.3 Å². The van der Waals surface area contributed by atoms with Crippen LogP contribution in [0.4, 0.5) is 0 Å². The normalized spacial score (nSPS) is 30.3. The van der Waals surface area contributed by atoms with Gasteiger partial charge in [0.05, 0.1) is 0 Å². The fourth-order valence-corrected chi connectivity index (χ4v) is 3.73. The van der Waals surface area contributed by atoms with E-state index in [-0.39, 0.29) is 0 Å². The Kier molecular flexibility index (Phi) is 2.51. The Balaban J connectivity index is 2.08. The maximum atomic E-state index is 2.62. The Morgan fingerprint density at radius 2 is 1.88 bits per heavy atom. The lowest BCUT2D eigenvalue weighted by Crippen LogP contribution is -2.49. The van der Waals surface area contributed by atoms with Gasteiger partial charge in [-0.05, 0) is 63.2 Å². The summed E-state index contributed by atoms with van der Waals surface area (Å²) in [5, 5.41) is 0. The molecule has 86 valence electrons. The van der Waals surface area contributed by atoms with E-state index < -0.39 is 0 Å². The average molecular weight is 215 g/mol. The summed E-state index contributed by atoms with van der Waals surface area (Å²) in [4.78, 5) is 2.62. The number of nitrogens with zero attached hydrogens (tertiary/aromatic N) is 1. The van der Waals surface area contributed by atoms with E-state index in [9.17, 15) is 0 Å². The Morgan fingerprint density at radius 3 is 2.75 bits per heavy atom. The van der Waals surface area contributed by atoms with Gasteiger partial charge in [0.2, 0.25) is 0 Å². The molecule has 1 saturated heterocycles. The largest absolute Gasteiger partial charge is 0.297 e. The number of rotatable bonds is 0. The van der Waals surface area contributed by atoms with Crippen LogP contribution in [0.25, 0.3) is 0 Å². The molecule has 0 amide bonds. The Labute approximate surface area is 98.5 Å². The van der Waals surface area contributed by atoms with Crippen molar-refractivity contribution >= 4 is 0 Å². The molecule has 1 nitrogen and oxygen atoms in total. The Bertz CT molecular complexity index is 385. The highest BCUT2D eigenvalue weighted by Gasteiger charge is 2.40. The first-order valence-corrected chi connectivity index (χ1v) is 6.63.